The van der Waals surface area contributed by atoms with E-state index >= 15 is 0 Å². The highest BCUT2D eigenvalue weighted by atomic mass is 35.5. The lowest BCUT2D eigenvalue weighted by Gasteiger charge is -2.05. The van der Waals surface area contributed by atoms with Crippen LogP contribution in [0.5, 0.6) is 0 Å². The van der Waals surface area contributed by atoms with Gasteiger partial charge in [-0.15, -0.1) is 18.2 Å². The SMILES string of the molecule is C=CCC(Cl)CCC(=O)NCC#N. The lowest BCUT2D eigenvalue weighted by Crippen LogP contribution is -2.23. The van der Waals surface area contributed by atoms with Gasteiger partial charge in [0.15, 0.2) is 0 Å². The van der Waals surface area contributed by atoms with E-state index in [4.69, 9.17) is 16.9 Å². The first-order valence-electron chi connectivity index (χ1n) is 4.09. The standard InChI is InChI=1S/C9H13ClN2O/c1-2-3-8(10)4-5-9(13)12-7-6-11/h2,8H,1,3-5,7H2,(H,12,13). The molecule has 4 heteroatoms. The summed E-state index contributed by atoms with van der Waals surface area (Å²) in [6, 6.07) is 1.83. The van der Waals surface area contributed by atoms with Gasteiger partial charge in [0.05, 0.1) is 6.07 Å². The molecule has 0 saturated carbocycles. The summed E-state index contributed by atoms with van der Waals surface area (Å²) in [4.78, 5) is 11.0. The first kappa shape index (κ1) is 12.0. The number of nitriles is 1. The van der Waals surface area contributed by atoms with Crippen LogP contribution in [0.25, 0.3) is 0 Å². The summed E-state index contributed by atoms with van der Waals surface area (Å²) in [7, 11) is 0. The fourth-order valence-corrected chi connectivity index (χ4v) is 1.05. The molecule has 1 unspecified atom stereocenters. The van der Waals surface area contributed by atoms with Gasteiger partial charge in [0.2, 0.25) is 5.91 Å². The van der Waals surface area contributed by atoms with Crippen molar-refractivity contribution in [3.8, 4) is 6.07 Å². The number of amides is 1. The van der Waals surface area contributed by atoms with Crippen molar-refractivity contribution in [3.05, 3.63) is 12.7 Å². The van der Waals surface area contributed by atoms with E-state index < -0.39 is 0 Å². The van der Waals surface area contributed by atoms with E-state index in [0.717, 1.165) is 0 Å². The maximum atomic E-state index is 11.0. The van der Waals surface area contributed by atoms with Gasteiger partial charge < -0.3 is 5.32 Å². The molecule has 0 heterocycles. The van der Waals surface area contributed by atoms with Crippen LogP contribution in [0.1, 0.15) is 19.3 Å². The van der Waals surface area contributed by atoms with Crippen molar-refractivity contribution >= 4 is 17.5 Å². The quantitative estimate of drug-likeness (QED) is 0.402. The summed E-state index contributed by atoms with van der Waals surface area (Å²) in [6.45, 7) is 3.61. The number of hydrogen-bond acceptors (Lipinski definition) is 2. The number of nitrogens with one attached hydrogen (secondary N) is 1. The van der Waals surface area contributed by atoms with Crippen molar-refractivity contribution < 1.29 is 4.79 Å². The Morgan fingerprint density at radius 3 is 3.00 bits per heavy atom. The predicted molar refractivity (Wildman–Crippen MR) is 52.3 cm³/mol. The number of allylic oxidation sites excluding steroid dienone is 1. The number of rotatable bonds is 6. The Hall–Kier alpha value is -1.01. The molecule has 0 rings (SSSR count). The number of carbonyl (C=O) groups is 1. The van der Waals surface area contributed by atoms with E-state index in [1.165, 1.54) is 0 Å². The van der Waals surface area contributed by atoms with E-state index in [9.17, 15) is 4.79 Å². The maximum absolute atomic E-state index is 11.0. The van der Waals surface area contributed by atoms with E-state index in [1.807, 2.05) is 6.07 Å². The van der Waals surface area contributed by atoms with Crippen molar-refractivity contribution in [2.45, 2.75) is 24.6 Å². The second-order valence-electron chi connectivity index (χ2n) is 2.60. The van der Waals surface area contributed by atoms with Crippen molar-refractivity contribution in [2.24, 2.45) is 0 Å². The Morgan fingerprint density at radius 2 is 2.46 bits per heavy atom. The maximum Gasteiger partial charge on any atom is 0.220 e. The number of alkyl halides is 1. The molecule has 0 aromatic rings. The topological polar surface area (TPSA) is 52.9 Å². The molecule has 0 bridgehead atoms. The van der Waals surface area contributed by atoms with Crippen LogP contribution < -0.4 is 5.32 Å². The molecule has 72 valence electrons. The highest BCUT2D eigenvalue weighted by molar-refractivity contribution is 6.20. The summed E-state index contributed by atoms with van der Waals surface area (Å²) in [5.74, 6) is -0.128. The third-order valence-electron chi connectivity index (χ3n) is 1.47. The zero-order valence-electron chi connectivity index (χ0n) is 7.42. The van der Waals surface area contributed by atoms with E-state index in [-0.39, 0.29) is 17.8 Å². The second-order valence-corrected chi connectivity index (χ2v) is 3.21. The molecule has 0 aliphatic carbocycles. The molecule has 0 radical (unpaired) electrons. The van der Waals surface area contributed by atoms with Crippen molar-refractivity contribution in [2.75, 3.05) is 6.54 Å². The number of hydrogen-bond donors (Lipinski definition) is 1. The zero-order valence-corrected chi connectivity index (χ0v) is 8.18. The molecule has 0 aliphatic heterocycles. The van der Waals surface area contributed by atoms with Crippen LogP contribution in [0.3, 0.4) is 0 Å². The average molecular weight is 201 g/mol. The molecule has 0 aliphatic rings. The summed E-state index contributed by atoms with van der Waals surface area (Å²) < 4.78 is 0. The van der Waals surface area contributed by atoms with Gasteiger partial charge in [-0.05, 0) is 12.8 Å². The van der Waals surface area contributed by atoms with Gasteiger partial charge in [0.1, 0.15) is 6.54 Å². The Labute approximate surface area is 83.4 Å². The number of carbonyl (C=O) groups excluding carboxylic acids is 1. The van der Waals surface area contributed by atoms with Crippen LogP contribution in [0, 0.1) is 11.3 Å². The summed E-state index contributed by atoms with van der Waals surface area (Å²) in [6.07, 6.45) is 3.41. The normalized spacial score (nSPS) is 11.4. The van der Waals surface area contributed by atoms with E-state index in [1.54, 1.807) is 6.08 Å². The molecule has 0 spiro atoms. The monoisotopic (exact) mass is 200 g/mol. The van der Waals surface area contributed by atoms with Crippen LogP contribution in [0.15, 0.2) is 12.7 Å². The van der Waals surface area contributed by atoms with Crippen molar-refractivity contribution in [1.29, 1.82) is 5.26 Å². The number of nitrogens with zero attached hydrogens (tertiary/aromatic N) is 1. The molecular formula is C9H13ClN2O. The van der Waals surface area contributed by atoms with Gasteiger partial charge in [0.25, 0.3) is 0 Å². The van der Waals surface area contributed by atoms with Gasteiger partial charge >= 0.3 is 0 Å². The predicted octanol–water partition coefficient (Wildman–Crippen LogP) is 1.59. The highest BCUT2D eigenvalue weighted by Crippen LogP contribution is 2.09. The van der Waals surface area contributed by atoms with Gasteiger partial charge in [-0.2, -0.15) is 5.26 Å². The zero-order chi connectivity index (χ0) is 10.1. The van der Waals surface area contributed by atoms with Crippen LogP contribution in [0.2, 0.25) is 0 Å². The summed E-state index contributed by atoms with van der Waals surface area (Å²) >= 11 is 5.84. The first-order chi connectivity index (χ1) is 6.20. The molecule has 0 fully saturated rings. The van der Waals surface area contributed by atoms with Gasteiger partial charge in [-0.3, -0.25) is 4.79 Å². The van der Waals surface area contributed by atoms with Crippen LogP contribution in [0.4, 0.5) is 0 Å². The number of halogens is 1. The highest BCUT2D eigenvalue weighted by Gasteiger charge is 2.05. The van der Waals surface area contributed by atoms with Crippen molar-refractivity contribution in [1.82, 2.24) is 5.32 Å². The third kappa shape index (κ3) is 7.35. The molecule has 13 heavy (non-hydrogen) atoms. The van der Waals surface area contributed by atoms with Crippen LogP contribution >= 0.6 is 11.6 Å². The first-order valence-corrected chi connectivity index (χ1v) is 4.53. The fraction of sp³-hybridized carbons (Fsp3) is 0.556. The second kappa shape index (κ2) is 7.63. The molecule has 0 aromatic carbocycles. The Balaban J connectivity index is 3.46. The molecule has 1 N–H and O–H groups in total. The third-order valence-corrected chi connectivity index (χ3v) is 1.87. The minimum atomic E-state index is -0.128. The fourth-order valence-electron chi connectivity index (χ4n) is 0.813. The average Bonchev–Trinajstić information content (AvgIpc) is 2.12. The minimum absolute atomic E-state index is 0.0367. The van der Waals surface area contributed by atoms with Crippen molar-refractivity contribution in [3.63, 3.8) is 0 Å². The lowest BCUT2D eigenvalue weighted by atomic mass is 10.2. The summed E-state index contributed by atoms with van der Waals surface area (Å²) in [5.41, 5.74) is 0. The van der Waals surface area contributed by atoms with E-state index in [0.29, 0.717) is 19.3 Å². The van der Waals surface area contributed by atoms with E-state index in [2.05, 4.69) is 11.9 Å². The minimum Gasteiger partial charge on any atom is -0.343 e. The largest absolute Gasteiger partial charge is 0.343 e. The molecule has 3 nitrogen and oxygen atoms in total. The van der Waals surface area contributed by atoms with Gasteiger partial charge in [0, 0.05) is 11.8 Å². The Morgan fingerprint density at radius 1 is 1.77 bits per heavy atom. The molecule has 1 atom stereocenters. The van der Waals surface area contributed by atoms with Crippen LogP contribution in [-0.4, -0.2) is 17.8 Å². The lowest BCUT2D eigenvalue weighted by molar-refractivity contribution is -0.120. The Kier molecular flexibility index (Phi) is 7.04. The Bertz CT molecular complexity index is 210. The summed E-state index contributed by atoms with van der Waals surface area (Å²) in [5, 5.41) is 10.6. The molecule has 0 saturated heterocycles. The molecular weight excluding hydrogens is 188 g/mol. The van der Waals surface area contributed by atoms with Gasteiger partial charge in [-0.1, -0.05) is 6.08 Å². The van der Waals surface area contributed by atoms with Crippen LogP contribution in [-0.2, 0) is 4.79 Å². The smallest absolute Gasteiger partial charge is 0.220 e. The molecule has 0 aromatic heterocycles. The molecule has 1 amide bonds. The van der Waals surface area contributed by atoms with Gasteiger partial charge in [-0.25, -0.2) is 0 Å².